The van der Waals surface area contributed by atoms with Crippen LogP contribution in [0.25, 0.3) is 0 Å². The Morgan fingerprint density at radius 2 is 1.50 bits per heavy atom. The molecule has 20 heavy (non-hydrogen) atoms. The molecule has 0 spiro atoms. The molecule has 112 valence electrons. The van der Waals surface area contributed by atoms with Crippen molar-refractivity contribution in [2.24, 2.45) is 0 Å². The van der Waals surface area contributed by atoms with Crippen LogP contribution in [0.3, 0.4) is 0 Å². The minimum Gasteiger partial charge on any atom is -0.490 e. The van der Waals surface area contributed by atoms with E-state index in [1.165, 1.54) is 5.69 Å². The molecule has 0 saturated heterocycles. The van der Waals surface area contributed by atoms with Gasteiger partial charge in [0, 0.05) is 6.54 Å². The quantitative estimate of drug-likeness (QED) is 0.719. The van der Waals surface area contributed by atoms with Crippen LogP contribution in [0.5, 0.6) is 5.75 Å². The van der Waals surface area contributed by atoms with Crippen LogP contribution < -0.4 is 9.30 Å². The van der Waals surface area contributed by atoms with Gasteiger partial charge in [0.05, 0.1) is 5.69 Å². The highest BCUT2D eigenvalue weighted by molar-refractivity contribution is 6.86. The Morgan fingerprint density at radius 1 is 0.950 bits per heavy atom. The molecule has 1 aliphatic rings. The highest BCUT2D eigenvalue weighted by Gasteiger charge is 2.49. The maximum atomic E-state index is 5.87. The average Bonchev–Trinajstić information content (AvgIpc) is 2.38. The predicted octanol–water partition coefficient (Wildman–Crippen LogP) is 5.06. The van der Waals surface area contributed by atoms with Crippen LogP contribution in [0, 0.1) is 0 Å². The lowest BCUT2D eigenvalue weighted by atomic mass is 10.2. The zero-order chi connectivity index (χ0) is 14.9. The Labute approximate surface area is 125 Å². The second-order valence-electron chi connectivity index (χ2n) is 6.82. The van der Waals surface area contributed by atoms with Crippen molar-refractivity contribution in [2.45, 2.75) is 58.2 Å². The summed E-state index contributed by atoms with van der Waals surface area (Å²) in [6.07, 6.45) is 0. The molecule has 1 aliphatic heterocycles. The Kier molecular flexibility index (Phi) is 4.48. The number of anilines is 1. The third kappa shape index (κ3) is 2.26. The first-order valence-corrected chi connectivity index (χ1v) is 10.1. The van der Waals surface area contributed by atoms with Gasteiger partial charge in [-0.1, -0.05) is 53.7 Å². The smallest absolute Gasteiger partial charge is 0.164 e. The Hall–Kier alpha value is -0.963. The summed E-state index contributed by atoms with van der Waals surface area (Å²) in [5.41, 5.74) is 3.51. The van der Waals surface area contributed by atoms with Gasteiger partial charge in [-0.25, -0.2) is 0 Å². The third-order valence-electron chi connectivity index (χ3n) is 4.97. The molecule has 1 aromatic carbocycles. The molecule has 0 saturated carbocycles. The van der Waals surface area contributed by atoms with Gasteiger partial charge in [0.1, 0.15) is 12.4 Å². The lowest BCUT2D eigenvalue weighted by molar-refractivity contribution is 0.314. The maximum absolute atomic E-state index is 5.87. The number of fused-ring (bicyclic) bond motifs is 1. The van der Waals surface area contributed by atoms with Gasteiger partial charge in [0.2, 0.25) is 0 Å². The zero-order valence-electron chi connectivity index (χ0n) is 13.8. The standard InChI is InChI=1S/C17H29NOSi/c1-13(2)20(14(3)4,15(5)6)18-11-12-19-17-10-8-7-9-16(17)18/h7-10,13-15H,11-12H2,1-6H3. The molecule has 0 aromatic heterocycles. The van der Waals surface area contributed by atoms with Gasteiger partial charge in [-0.2, -0.15) is 0 Å². The Balaban J connectivity index is 2.56. The van der Waals surface area contributed by atoms with Crippen molar-refractivity contribution in [3.05, 3.63) is 24.3 Å². The van der Waals surface area contributed by atoms with E-state index in [9.17, 15) is 0 Å². The van der Waals surface area contributed by atoms with Gasteiger partial charge in [-0.3, -0.25) is 0 Å². The van der Waals surface area contributed by atoms with E-state index in [4.69, 9.17) is 4.74 Å². The lowest BCUT2D eigenvalue weighted by Gasteiger charge is -2.53. The fraction of sp³-hybridized carbons (Fsp3) is 0.647. The molecular formula is C17H29NOSi. The van der Waals surface area contributed by atoms with Crippen molar-refractivity contribution in [1.82, 2.24) is 0 Å². The van der Waals surface area contributed by atoms with Crippen molar-refractivity contribution in [2.75, 3.05) is 17.7 Å². The van der Waals surface area contributed by atoms with E-state index >= 15 is 0 Å². The SMILES string of the molecule is CC(C)[Si](C(C)C)(C(C)C)N1CCOc2ccccc21. The number of rotatable bonds is 4. The zero-order valence-corrected chi connectivity index (χ0v) is 14.8. The first-order chi connectivity index (χ1) is 9.42. The monoisotopic (exact) mass is 291 g/mol. The summed E-state index contributed by atoms with van der Waals surface area (Å²) >= 11 is 0. The van der Waals surface area contributed by atoms with Crippen LogP contribution in [0.1, 0.15) is 41.5 Å². The van der Waals surface area contributed by atoms with Gasteiger partial charge >= 0.3 is 0 Å². The maximum Gasteiger partial charge on any atom is 0.164 e. The van der Waals surface area contributed by atoms with Gasteiger partial charge in [-0.15, -0.1) is 0 Å². The fourth-order valence-corrected chi connectivity index (χ4v) is 11.5. The Morgan fingerprint density at radius 3 is 2.05 bits per heavy atom. The van der Waals surface area contributed by atoms with E-state index in [0.717, 1.165) is 35.5 Å². The second kappa shape index (κ2) is 5.80. The summed E-state index contributed by atoms with van der Waals surface area (Å²) in [4.78, 5) is 0. The molecule has 0 fully saturated rings. The minimum absolute atomic E-state index is 0.730. The van der Waals surface area contributed by atoms with E-state index in [1.807, 2.05) is 0 Å². The van der Waals surface area contributed by atoms with Crippen LogP contribution in [-0.4, -0.2) is 21.4 Å². The van der Waals surface area contributed by atoms with Crippen molar-refractivity contribution in [3.8, 4) is 5.75 Å². The summed E-state index contributed by atoms with van der Waals surface area (Å²) in [5, 5.41) is 0. The van der Waals surface area contributed by atoms with Crippen molar-refractivity contribution in [1.29, 1.82) is 0 Å². The largest absolute Gasteiger partial charge is 0.490 e. The number of nitrogens with zero attached hydrogens (tertiary/aromatic N) is 1. The highest BCUT2D eigenvalue weighted by Crippen LogP contribution is 2.48. The average molecular weight is 292 g/mol. The van der Waals surface area contributed by atoms with Crippen LogP contribution >= 0.6 is 0 Å². The number of ether oxygens (including phenoxy) is 1. The van der Waals surface area contributed by atoms with Crippen LogP contribution in [0.15, 0.2) is 24.3 Å². The van der Waals surface area contributed by atoms with Crippen LogP contribution in [-0.2, 0) is 0 Å². The number of para-hydroxylation sites is 2. The van der Waals surface area contributed by atoms with Crippen molar-refractivity contribution < 1.29 is 4.74 Å². The molecule has 0 unspecified atom stereocenters. The highest BCUT2D eigenvalue weighted by atomic mass is 28.3. The molecule has 2 nitrogen and oxygen atoms in total. The van der Waals surface area contributed by atoms with E-state index in [0.29, 0.717) is 0 Å². The number of benzene rings is 1. The fourth-order valence-electron chi connectivity index (χ4n) is 4.51. The number of hydrogen-bond acceptors (Lipinski definition) is 2. The molecule has 0 amide bonds. The summed E-state index contributed by atoms with van der Waals surface area (Å²) in [7, 11) is -1.62. The molecule has 1 heterocycles. The van der Waals surface area contributed by atoms with Crippen molar-refractivity contribution >= 4 is 13.9 Å². The molecule has 0 atom stereocenters. The molecule has 2 rings (SSSR count). The van der Waals surface area contributed by atoms with Gasteiger partial charge in [0.15, 0.2) is 8.24 Å². The first kappa shape index (κ1) is 15.4. The van der Waals surface area contributed by atoms with E-state index in [-0.39, 0.29) is 0 Å². The van der Waals surface area contributed by atoms with E-state index in [2.05, 4.69) is 70.4 Å². The van der Waals surface area contributed by atoms with Crippen molar-refractivity contribution in [3.63, 3.8) is 0 Å². The topological polar surface area (TPSA) is 12.5 Å². The molecule has 1 aromatic rings. The summed E-state index contributed by atoms with van der Waals surface area (Å²) in [6.45, 7) is 16.4. The molecule has 0 radical (unpaired) electrons. The molecule has 3 heteroatoms. The second-order valence-corrected chi connectivity index (χ2v) is 12.6. The predicted molar refractivity (Wildman–Crippen MR) is 90.3 cm³/mol. The van der Waals surface area contributed by atoms with Crippen LogP contribution in [0.2, 0.25) is 16.6 Å². The molecule has 0 N–H and O–H groups in total. The summed E-state index contributed by atoms with van der Waals surface area (Å²) < 4.78 is 8.62. The summed E-state index contributed by atoms with van der Waals surface area (Å²) in [5.74, 6) is 1.07. The van der Waals surface area contributed by atoms with Gasteiger partial charge in [0.25, 0.3) is 0 Å². The van der Waals surface area contributed by atoms with E-state index < -0.39 is 8.24 Å². The normalized spacial score (nSPS) is 15.8. The molecule has 0 aliphatic carbocycles. The molecule has 0 bridgehead atoms. The number of hydrogen-bond donors (Lipinski definition) is 0. The third-order valence-corrected chi connectivity index (χ3v) is 11.9. The summed E-state index contributed by atoms with van der Waals surface area (Å²) in [6, 6.07) is 8.57. The van der Waals surface area contributed by atoms with Gasteiger partial charge in [-0.05, 0) is 28.8 Å². The van der Waals surface area contributed by atoms with Gasteiger partial charge < -0.3 is 9.30 Å². The van der Waals surface area contributed by atoms with E-state index in [1.54, 1.807) is 0 Å². The first-order valence-electron chi connectivity index (χ1n) is 7.91. The molecular weight excluding hydrogens is 262 g/mol. The minimum atomic E-state index is -1.62. The lowest BCUT2D eigenvalue weighted by Crippen LogP contribution is -2.62. The Bertz CT molecular complexity index is 434. The van der Waals surface area contributed by atoms with Crippen LogP contribution in [0.4, 0.5) is 5.69 Å².